The number of hydrogen-bond donors (Lipinski definition) is 0. The van der Waals surface area contributed by atoms with Crippen LogP contribution in [0.3, 0.4) is 0 Å². The largest absolute Gasteiger partial charge is 0.293 e. The van der Waals surface area contributed by atoms with Gasteiger partial charge in [0.2, 0.25) is 0 Å². The van der Waals surface area contributed by atoms with Crippen molar-refractivity contribution >= 4 is 17.5 Å². The molecule has 0 fully saturated rings. The van der Waals surface area contributed by atoms with E-state index in [4.69, 9.17) is 0 Å². The summed E-state index contributed by atoms with van der Waals surface area (Å²) in [6.07, 6.45) is 3.47. The number of pyridine rings is 1. The molecule has 0 atom stereocenters. The Hall–Kier alpha value is -3.25. The Labute approximate surface area is 167 Å². The number of nitrogens with zero attached hydrogens (tertiary/aromatic N) is 4. The third-order valence-corrected chi connectivity index (χ3v) is 5.29. The molecule has 0 spiro atoms. The van der Waals surface area contributed by atoms with Crippen LogP contribution in [0.15, 0.2) is 84.3 Å². The number of carbonyl (C=O) groups is 1. The second-order valence-electron chi connectivity index (χ2n) is 6.24. The molecule has 0 radical (unpaired) electrons. The number of aromatic nitrogens is 4. The van der Waals surface area contributed by atoms with E-state index in [0.717, 1.165) is 22.6 Å². The summed E-state index contributed by atoms with van der Waals surface area (Å²) < 4.78 is 2.01. The van der Waals surface area contributed by atoms with Crippen LogP contribution in [0.4, 0.5) is 0 Å². The number of benzene rings is 2. The number of ketones is 1. The van der Waals surface area contributed by atoms with Crippen molar-refractivity contribution in [2.75, 3.05) is 5.75 Å². The normalized spacial score (nSPS) is 10.8. The lowest BCUT2D eigenvalue weighted by molar-refractivity contribution is 0.102. The summed E-state index contributed by atoms with van der Waals surface area (Å²) in [5, 5.41) is 9.47. The molecule has 0 aliphatic carbocycles. The molecule has 4 aromatic rings. The number of rotatable bonds is 6. The first-order valence-electron chi connectivity index (χ1n) is 8.87. The van der Waals surface area contributed by atoms with E-state index < -0.39 is 0 Å². The number of aryl methyl sites for hydroxylation is 1. The Morgan fingerprint density at radius 1 is 0.929 bits per heavy atom. The summed E-state index contributed by atoms with van der Waals surface area (Å²) in [7, 11) is 0. The quantitative estimate of drug-likeness (QED) is 0.358. The molecule has 0 saturated heterocycles. The van der Waals surface area contributed by atoms with Crippen LogP contribution in [-0.4, -0.2) is 31.3 Å². The number of Topliss-reactive ketones (excluding diaryl/α,β-unsaturated/α-hetero) is 1. The van der Waals surface area contributed by atoms with Crippen molar-refractivity contribution in [3.63, 3.8) is 0 Å². The number of thioether (sulfide) groups is 1. The molecule has 0 bridgehead atoms. The van der Waals surface area contributed by atoms with E-state index in [1.54, 1.807) is 12.4 Å². The molecular formula is C22H18N4OS. The van der Waals surface area contributed by atoms with Crippen molar-refractivity contribution < 1.29 is 4.79 Å². The van der Waals surface area contributed by atoms with Gasteiger partial charge in [0.1, 0.15) is 0 Å². The molecule has 0 amide bonds. The van der Waals surface area contributed by atoms with Gasteiger partial charge < -0.3 is 0 Å². The number of carbonyl (C=O) groups excluding carboxylic acids is 1. The molecular weight excluding hydrogens is 368 g/mol. The zero-order chi connectivity index (χ0) is 19.3. The topological polar surface area (TPSA) is 60.7 Å². The lowest BCUT2D eigenvalue weighted by atomic mass is 10.2. The van der Waals surface area contributed by atoms with Crippen LogP contribution in [0.1, 0.15) is 15.9 Å². The van der Waals surface area contributed by atoms with Gasteiger partial charge in [0.15, 0.2) is 16.8 Å². The third-order valence-electron chi connectivity index (χ3n) is 4.36. The average molecular weight is 386 g/mol. The maximum atomic E-state index is 12.5. The molecule has 0 aliphatic rings. The Morgan fingerprint density at radius 2 is 1.64 bits per heavy atom. The van der Waals surface area contributed by atoms with Crippen LogP contribution < -0.4 is 0 Å². The second-order valence-corrected chi connectivity index (χ2v) is 7.18. The zero-order valence-corrected chi connectivity index (χ0v) is 16.1. The first-order chi connectivity index (χ1) is 13.7. The van der Waals surface area contributed by atoms with Gasteiger partial charge in [-0.1, -0.05) is 60.3 Å². The van der Waals surface area contributed by atoms with Crippen LogP contribution >= 0.6 is 11.8 Å². The predicted molar refractivity (Wildman–Crippen MR) is 111 cm³/mol. The van der Waals surface area contributed by atoms with E-state index in [1.165, 1.54) is 11.8 Å². The van der Waals surface area contributed by atoms with Gasteiger partial charge in [-0.05, 0) is 30.7 Å². The SMILES string of the molecule is Cc1ccccc1-n1c(SCC(=O)c2ccccc2)nnc1-c1ccncc1. The van der Waals surface area contributed by atoms with E-state index >= 15 is 0 Å². The van der Waals surface area contributed by atoms with Gasteiger partial charge in [-0.3, -0.25) is 14.3 Å². The summed E-state index contributed by atoms with van der Waals surface area (Å²) in [5.41, 5.74) is 3.72. The molecule has 2 aromatic carbocycles. The van der Waals surface area contributed by atoms with Crippen LogP contribution in [0.5, 0.6) is 0 Å². The van der Waals surface area contributed by atoms with Crippen molar-refractivity contribution in [3.8, 4) is 17.1 Å². The molecule has 2 aromatic heterocycles. The van der Waals surface area contributed by atoms with E-state index in [-0.39, 0.29) is 5.78 Å². The fourth-order valence-electron chi connectivity index (χ4n) is 2.92. The van der Waals surface area contributed by atoms with Crippen LogP contribution in [0.25, 0.3) is 17.1 Å². The second kappa shape index (κ2) is 8.19. The van der Waals surface area contributed by atoms with Crippen LogP contribution in [0, 0.1) is 6.92 Å². The maximum Gasteiger partial charge on any atom is 0.196 e. The Kier molecular flexibility index (Phi) is 5.30. The minimum Gasteiger partial charge on any atom is -0.293 e. The predicted octanol–water partition coefficient (Wildman–Crippen LogP) is 4.61. The minimum atomic E-state index is 0.0652. The minimum absolute atomic E-state index is 0.0652. The lowest BCUT2D eigenvalue weighted by Gasteiger charge is -2.12. The van der Waals surface area contributed by atoms with Crippen molar-refractivity contribution in [2.45, 2.75) is 12.1 Å². The summed E-state index contributed by atoms with van der Waals surface area (Å²) >= 11 is 1.39. The highest BCUT2D eigenvalue weighted by atomic mass is 32.2. The molecule has 28 heavy (non-hydrogen) atoms. The van der Waals surface area contributed by atoms with E-state index in [0.29, 0.717) is 16.5 Å². The number of para-hydroxylation sites is 1. The van der Waals surface area contributed by atoms with Gasteiger partial charge in [-0.2, -0.15) is 0 Å². The van der Waals surface area contributed by atoms with Crippen molar-refractivity contribution in [1.82, 2.24) is 19.7 Å². The third kappa shape index (κ3) is 3.73. The fraction of sp³-hybridized carbons (Fsp3) is 0.0909. The Morgan fingerprint density at radius 3 is 2.39 bits per heavy atom. The first kappa shape index (κ1) is 18.1. The maximum absolute atomic E-state index is 12.5. The molecule has 0 saturated carbocycles. The van der Waals surface area contributed by atoms with Crippen LogP contribution in [0.2, 0.25) is 0 Å². The highest BCUT2D eigenvalue weighted by Gasteiger charge is 2.18. The molecule has 0 N–H and O–H groups in total. The van der Waals surface area contributed by atoms with Crippen molar-refractivity contribution in [3.05, 3.63) is 90.3 Å². The fourth-order valence-corrected chi connectivity index (χ4v) is 3.76. The summed E-state index contributed by atoms with van der Waals surface area (Å²) in [4.78, 5) is 16.6. The summed E-state index contributed by atoms with van der Waals surface area (Å²) in [6.45, 7) is 2.05. The molecule has 5 nitrogen and oxygen atoms in total. The van der Waals surface area contributed by atoms with Gasteiger partial charge in [0, 0.05) is 23.5 Å². The van der Waals surface area contributed by atoms with Gasteiger partial charge >= 0.3 is 0 Å². The van der Waals surface area contributed by atoms with Gasteiger partial charge in [0.05, 0.1) is 11.4 Å². The van der Waals surface area contributed by atoms with Gasteiger partial charge in [-0.25, -0.2) is 0 Å². The standard InChI is InChI=1S/C22H18N4OS/c1-16-7-5-6-10-19(16)26-21(18-11-13-23-14-12-18)24-25-22(26)28-15-20(27)17-8-3-2-4-9-17/h2-14H,15H2,1H3. The van der Waals surface area contributed by atoms with Crippen molar-refractivity contribution in [1.29, 1.82) is 0 Å². The highest BCUT2D eigenvalue weighted by molar-refractivity contribution is 7.99. The summed E-state index contributed by atoms with van der Waals surface area (Å²) in [6, 6.07) is 21.2. The number of hydrogen-bond acceptors (Lipinski definition) is 5. The molecule has 2 heterocycles. The molecule has 6 heteroatoms. The summed E-state index contributed by atoms with van der Waals surface area (Å²) in [5.74, 6) is 1.09. The van der Waals surface area contributed by atoms with Crippen LogP contribution in [-0.2, 0) is 0 Å². The monoisotopic (exact) mass is 386 g/mol. The smallest absolute Gasteiger partial charge is 0.196 e. The van der Waals surface area contributed by atoms with Crippen molar-refractivity contribution in [2.24, 2.45) is 0 Å². The molecule has 0 aliphatic heterocycles. The van der Waals surface area contributed by atoms with E-state index in [9.17, 15) is 4.79 Å². The zero-order valence-electron chi connectivity index (χ0n) is 15.3. The van der Waals surface area contributed by atoms with Gasteiger partial charge in [0.25, 0.3) is 0 Å². The highest BCUT2D eigenvalue weighted by Crippen LogP contribution is 2.29. The van der Waals surface area contributed by atoms with E-state index in [2.05, 4.69) is 28.2 Å². The Bertz CT molecular complexity index is 1090. The first-order valence-corrected chi connectivity index (χ1v) is 9.85. The lowest BCUT2D eigenvalue weighted by Crippen LogP contribution is -2.05. The van der Waals surface area contributed by atoms with E-state index in [1.807, 2.05) is 65.2 Å². The molecule has 138 valence electrons. The molecule has 4 rings (SSSR count). The molecule has 0 unspecified atom stereocenters. The Balaban J connectivity index is 1.71. The van der Waals surface area contributed by atoms with Gasteiger partial charge in [-0.15, -0.1) is 10.2 Å². The average Bonchev–Trinajstić information content (AvgIpc) is 3.17.